The molecule has 1 saturated heterocycles. The van der Waals surface area contributed by atoms with Gasteiger partial charge in [-0.2, -0.15) is 5.26 Å². The quantitative estimate of drug-likeness (QED) is 0.524. The Morgan fingerprint density at radius 2 is 1.97 bits per heavy atom. The average molecular weight is 420 g/mol. The monoisotopic (exact) mass is 419 g/mol. The van der Waals surface area contributed by atoms with Crippen LogP contribution in [0.4, 0.5) is 0 Å². The van der Waals surface area contributed by atoms with E-state index in [1.54, 1.807) is 29.2 Å². The number of hydrogen-bond acceptors (Lipinski definition) is 7. The van der Waals surface area contributed by atoms with Gasteiger partial charge in [0.1, 0.15) is 6.54 Å². The van der Waals surface area contributed by atoms with E-state index in [4.69, 9.17) is 10.00 Å². The smallest absolute Gasteiger partial charge is 0.228 e. The van der Waals surface area contributed by atoms with E-state index in [1.807, 2.05) is 12.1 Å². The van der Waals surface area contributed by atoms with Gasteiger partial charge in [0.2, 0.25) is 5.91 Å². The number of carbonyl (C=O) groups excluding carboxylic acids is 1. The zero-order chi connectivity index (χ0) is 20.9. The maximum Gasteiger partial charge on any atom is 0.228 e. The summed E-state index contributed by atoms with van der Waals surface area (Å²) in [5, 5.41) is 21.3. The van der Waals surface area contributed by atoms with E-state index >= 15 is 0 Å². The van der Waals surface area contributed by atoms with E-state index < -0.39 is 26.9 Å². The van der Waals surface area contributed by atoms with Gasteiger partial charge in [-0.25, -0.2) is 8.42 Å². The fraction of sp³-hybridized carbons (Fsp3) is 0.500. The average Bonchev–Trinajstić information content (AvgIpc) is 3.19. The second kappa shape index (κ2) is 9.29. The molecule has 2 fully saturated rings. The molecule has 0 unspecified atom stereocenters. The van der Waals surface area contributed by atoms with Crippen LogP contribution < -0.4 is 5.32 Å². The normalized spacial score (nSPS) is 24.0. The third-order valence-electron chi connectivity index (χ3n) is 5.34. The van der Waals surface area contributed by atoms with E-state index in [1.165, 1.54) is 0 Å². The number of nitrogens with one attached hydrogen (secondary N) is 1. The number of nitrogens with zero attached hydrogens (tertiary/aromatic N) is 2. The van der Waals surface area contributed by atoms with Crippen LogP contribution in [0.5, 0.6) is 0 Å². The lowest BCUT2D eigenvalue weighted by Crippen LogP contribution is -2.37. The molecule has 1 heterocycles. The van der Waals surface area contributed by atoms with Gasteiger partial charge in [-0.15, -0.1) is 0 Å². The number of ether oxygens (including phenoxy) is 1. The van der Waals surface area contributed by atoms with E-state index in [0.29, 0.717) is 37.4 Å². The predicted octanol–water partition coefficient (Wildman–Crippen LogP) is 1.12. The third-order valence-corrected chi connectivity index (χ3v) is 7.45. The van der Waals surface area contributed by atoms with Gasteiger partial charge in [0.25, 0.3) is 0 Å². The standard InChI is InChI=1S/C20H25N3O5S/c21-6-7-22-19(24)17-12-16(29(26,27)14-15-4-2-1-3-5-15)13-18(17)20(25)23-8-10-28-11-9-23/h1-5,16-17,25H,7-14H2,(H,22,24)/b20-18-/t16-,17-/m1/s1. The summed E-state index contributed by atoms with van der Waals surface area (Å²) in [6.07, 6.45) is 0.194. The number of nitriles is 1. The Morgan fingerprint density at radius 3 is 2.62 bits per heavy atom. The molecule has 2 N–H and O–H groups in total. The summed E-state index contributed by atoms with van der Waals surface area (Å²) in [5.74, 6) is -1.36. The van der Waals surface area contributed by atoms with Crippen LogP contribution in [0, 0.1) is 17.2 Å². The van der Waals surface area contributed by atoms with Crippen molar-refractivity contribution < 1.29 is 23.1 Å². The molecule has 0 aromatic heterocycles. The van der Waals surface area contributed by atoms with Gasteiger partial charge in [-0.05, 0) is 18.4 Å². The van der Waals surface area contributed by atoms with Crippen LogP contribution in [-0.2, 0) is 25.1 Å². The number of aliphatic hydroxyl groups is 1. The van der Waals surface area contributed by atoms with Gasteiger partial charge >= 0.3 is 0 Å². The summed E-state index contributed by atoms with van der Waals surface area (Å²) in [4.78, 5) is 14.3. The number of sulfone groups is 1. The molecule has 0 radical (unpaired) electrons. The highest BCUT2D eigenvalue weighted by molar-refractivity contribution is 7.91. The zero-order valence-electron chi connectivity index (χ0n) is 16.1. The number of carbonyl (C=O) groups is 1. The molecule has 1 aromatic rings. The van der Waals surface area contributed by atoms with Crippen LogP contribution in [0.15, 0.2) is 41.8 Å². The molecule has 1 aliphatic heterocycles. The zero-order valence-corrected chi connectivity index (χ0v) is 16.9. The molecule has 2 atom stereocenters. The Kier molecular flexibility index (Phi) is 6.77. The lowest BCUT2D eigenvalue weighted by Gasteiger charge is -2.29. The van der Waals surface area contributed by atoms with Gasteiger partial charge in [-0.3, -0.25) is 4.79 Å². The van der Waals surface area contributed by atoms with Crippen molar-refractivity contribution in [2.45, 2.75) is 23.8 Å². The number of hydrogen-bond donors (Lipinski definition) is 2. The van der Waals surface area contributed by atoms with Gasteiger partial charge in [0.15, 0.2) is 15.7 Å². The van der Waals surface area contributed by atoms with Crippen molar-refractivity contribution in [3.63, 3.8) is 0 Å². The third kappa shape index (κ3) is 5.08. The first-order valence-electron chi connectivity index (χ1n) is 9.57. The minimum absolute atomic E-state index is 0.0391. The summed E-state index contributed by atoms with van der Waals surface area (Å²) in [7, 11) is -3.53. The second-order valence-electron chi connectivity index (χ2n) is 7.23. The van der Waals surface area contributed by atoms with Gasteiger partial charge in [-0.1, -0.05) is 30.3 Å². The Balaban J connectivity index is 1.85. The van der Waals surface area contributed by atoms with Crippen LogP contribution in [0.2, 0.25) is 0 Å². The Labute approximate surface area is 170 Å². The molecular formula is C20H25N3O5S. The van der Waals surface area contributed by atoms with E-state index in [0.717, 1.165) is 0 Å². The highest BCUT2D eigenvalue weighted by atomic mass is 32.2. The summed E-state index contributed by atoms with van der Waals surface area (Å²) in [6.45, 7) is 1.70. The largest absolute Gasteiger partial charge is 0.495 e. The lowest BCUT2D eigenvalue weighted by molar-refractivity contribution is -0.123. The minimum Gasteiger partial charge on any atom is -0.495 e. The lowest BCUT2D eigenvalue weighted by atomic mass is 10.0. The Hall–Kier alpha value is -2.57. The summed E-state index contributed by atoms with van der Waals surface area (Å²) >= 11 is 0. The van der Waals surface area contributed by atoms with Gasteiger partial charge in [0.05, 0.1) is 36.2 Å². The molecule has 1 aliphatic carbocycles. The number of morpholine rings is 1. The fourth-order valence-corrected chi connectivity index (χ4v) is 5.63. The molecule has 3 rings (SSSR count). The molecule has 1 aromatic carbocycles. The van der Waals surface area contributed by atoms with Crippen molar-refractivity contribution in [2.75, 3.05) is 32.8 Å². The van der Waals surface area contributed by atoms with Crippen LogP contribution in [0.3, 0.4) is 0 Å². The highest BCUT2D eigenvalue weighted by Gasteiger charge is 2.43. The first-order valence-corrected chi connectivity index (χ1v) is 11.3. The van der Waals surface area contributed by atoms with E-state index in [9.17, 15) is 18.3 Å². The number of aliphatic hydroxyl groups excluding tert-OH is 1. The Bertz CT molecular complexity index is 902. The molecule has 2 aliphatic rings. The van der Waals surface area contributed by atoms with E-state index in [2.05, 4.69) is 5.32 Å². The van der Waals surface area contributed by atoms with E-state index in [-0.39, 0.29) is 31.0 Å². The molecule has 156 valence electrons. The maximum atomic E-state index is 13.0. The molecule has 1 saturated carbocycles. The predicted molar refractivity (Wildman–Crippen MR) is 106 cm³/mol. The molecule has 9 heteroatoms. The summed E-state index contributed by atoms with van der Waals surface area (Å²) in [6, 6.07) is 10.8. The molecule has 29 heavy (non-hydrogen) atoms. The van der Waals surface area contributed by atoms with Crippen LogP contribution in [-0.4, -0.2) is 62.4 Å². The topological polar surface area (TPSA) is 120 Å². The number of benzene rings is 1. The SMILES string of the molecule is N#CCNC(=O)[C@@H]1C[C@@H](S(=O)(=O)Cc2ccccc2)C/C1=C(/O)N1CCOCC1. The Morgan fingerprint density at radius 1 is 1.28 bits per heavy atom. The van der Waals surface area contributed by atoms with Crippen molar-refractivity contribution in [1.29, 1.82) is 5.26 Å². The van der Waals surface area contributed by atoms with Crippen molar-refractivity contribution >= 4 is 15.7 Å². The van der Waals surface area contributed by atoms with Crippen molar-refractivity contribution in [2.24, 2.45) is 5.92 Å². The molecule has 0 spiro atoms. The number of amides is 1. The minimum atomic E-state index is -3.53. The molecule has 1 amide bonds. The molecule has 8 nitrogen and oxygen atoms in total. The van der Waals surface area contributed by atoms with Crippen LogP contribution in [0.25, 0.3) is 0 Å². The second-order valence-corrected chi connectivity index (χ2v) is 9.51. The highest BCUT2D eigenvalue weighted by Crippen LogP contribution is 2.39. The summed E-state index contributed by atoms with van der Waals surface area (Å²) in [5.41, 5.74) is 1.11. The first-order chi connectivity index (χ1) is 13.9. The summed E-state index contributed by atoms with van der Waals surface area (Å²) < 4.78 is 31.3. The van der Waals surface area contributed by atoms with Gasteiger partial charge < -0.3 is 20.1 Å². The molecule has 0 bridgehead atoms. The van der Waals surface area contributed by atoms with Gasteiger partial charge in [0, 0.05) is 18.7 Å². The van der Waals surface area contributed by atoms with Crippen molar-refractivity contribution in [3.05, 3.63) is 47.4 Å². The van der Waals surface area contributed by atoms with Crippen molar-refractivity contribution in [1.82, 2.24) is 10.2 Å². The van der Waals surface area contributed by atoms with Crippen LogP contribution >= 0.6 is 0 Å². The van der Waals surface area contributed by atoms with Crippen LogP contribution in [0.1, 0.15) is 18.4 Å². The fourth-order valence-electron chi connectivity index (χ4n) is 3.81. The first kappa shape index (κ1) is 21.1. The van der Waals surface area contributed by atoms with Crippen molar-refractivity contribution in [3.8, 4) is 6.07 Å². The number of rotatable bonds is 6. The maximum absolute atomic E-state index is 13.0. The molecular weight excluding hydrogens is 394 g/mol.